The van der Waals surface area contributed by atoms with E-state index in [1.54, 1.807) is 18.0 Å². The van der Waals surface area contributed by atoms with Crippen LogP contribution in [0.15, 0.2) is 58.5 Å². The molecule has 4 nitrogen and oxygen atoms in total. The van der Waals surface area contributed by atoms with Gasteiger partial charge < -0.3 is 4.74 Å². The van der Waals surface area contributed by atoms with Crippen molar-refractivity contribution < 1.29 is 9.53 Å². The number of nitrogens with one attached hydrogen (secondary N) is 1. The van der Waals surface area contributed by atoms with Gasteiger partial charge >= 0.3 is 0 Å². The molecule has 1 aliphatic rings. The van der Waals surface area contributed by atoms with Crippen LogP contribution in [-0.4, -0.2) is 35.5 Å². The Hall–Kier alpha value is -1.92. The van der Waals surface area contributed by atoms with Crippen molar-refractivity contribution in [2.24, 2.45) is 5.10 Å². The van der Waals surface area contributed by atoms with Crippen molar-refractivity contribution >= 4 is 35.6 Å². The van der Waals surface area contributed by atoms with Crippen molar-refractivity contribution in [3.8, 4) is 5.75 Å². The number of carbonyl (C=O) groups excluding carboxylic acids is 1. The fraction of sp³-hybridized carbons (Fsp3) is 0.300. The number of rotatable bonds is 8. The molecule has 136 valence electrons. The van der Waals surface area contributed by atoms with Crippen molar-refractivity contribution in [1.29, 1.82) is 0 Å². The van der Waals surface area contributed by atoms with Crippen LogP contribution in [0.1, 0.15) is 17.5 Å². The average molecular weight is 387 g/mol. The number of hydrogen-bond acceptors (Lipinski definition) is 5. The molecule has 0 radical (unpaired) electrons. The number of hydrogen-bond donors (Lipinski definition) is 1. The maximum absolute atomic E-state index is 11.8. The Labute approximate surface area is 162 Å². The Morgan fingerprint density at radius 1 is 1.23 bits per heavy atom. The number of aryl methyl sites for hydroxylation is 1. The van der Waals surface area contributed by atoms with Gasteiger partial charge in [0.25, 0.3) is 0 Å². The Morgan fingerprint density at radius 2 is 1.96 bits per heavy atom. The molecule has 1 saturated heterocycles. The van der Waals surface area contributed by atoms with E-state index in [0.29, 0.717) is 12.5 Å². The minimum atomic E-state index is -0.0803. The maximum atomic E-state index is 11.8. The van der Waals surface area contributed by atoms with Crippen LogP contribution in [0.25, 0.3) is 0 Å². The quantitative estimate of drug-likeness (QED) is 0.421. The summed E-state index contributed by atoms with van der Waals surface area (Å²) in [5.74, 6) is 3.66. The molecule has 1 fully saturated rings. The summed E-state index contributed by atoms with van der Waals surface area (Å²) in [6, 6.07) is 16.0. The van der Waals surface area contributed by atoms with Gasteiger partial charge in [0.05, 0.1) is 6.21 Å². The van der Waals surface area contributed by atoms with Gasteiger partial charge in [0.2, 0.25) is 5.91 Å². The molecule has 0 atom stereocenters. The van der Waals surface area contributed by atoms with E-state index in [1.807, 2.05) is 36.0 Å². The third-order valence-electron chi connectivity index (χ3n) is 3.81. The number of ether oxygens (including phenoxy) is 1. The van der Waals surface area contributed by atoms with Crippen LogP contribution in [0.2, 0.25) is 0 Å². The van der Waals surface area contributed by atoms with Gasteiger partial charge in [0, 0.05) is 28.6 Å². The van der Waals surface area contributed by atoms with Crippen molar-refractivity contribution in [3.63, 3.8) is 0 Å². The molecule has 0 saturated carbocycles. The zero-order valence-electron chi connectivity index (χ0n) is 14.7. The number of nitrogens with zero attached hydrogens (tertiary/aromatic N) is 1. The summed E-state index contributed by atoms with van der Waals surface area (Å²) < 4.78 is 5.80. The molecule has 0 spiro atoms. The maximum Gasteiger partial charge on any atom is 0.240 e. The highest BCUT2D eigenvalue weighted by molar-refractivity contribution is 8.00. The topological polar surface area (TPSA) is 50.7 Å². The van der Waals surface area contributed by atoms with Gasteiger partial charge in [-0.25, -0.2) is 5.43 Å². The Bertz CT molecular complexity index is 741. The smallest absolute Gasteiger partial charge is 0.240 e. The van der Waals surface area contributed by atoms with Gasteiger partial charge in [-0.2, -0.15) is 16.9 Å². The van der Waals surface area contributed by atoms with Crippen LogP contribution in [0.5, 0.6) is 5.75 Å². The van der Waals surface area contributed by atoms with Crippen LogP contribution in [-0.2, 0) is 4.79 Å². The Kier molecular flexibility index (Phi) is 7.03. The van der Waals surface area contributed by atoms with Gasteiger partial charge in [-0.15, -0.1) is 11.8 Å². The predicted molar refractivity (Wildman–Crippen MR) is 110 cm³/mol. The molecule has 3 rings (SSSR count). The van der Waals surface area contributed by atoms with Crippen LogP contribution >= 0.6 is 23.5 Å². The zero-order valence-corrected chi connectivity index (χ0v) is 16.3. The lowest BCUT2D eigenvalue weighted by atomic mass is 10.2. The molecule has 1 heterocycles. The highest BCUT2D eigenvalue weighted by atomic mass is 32.2. The molecule has 0 aromatic heterocycles. The Balaban J connectivity index is 1.35. The fourth-order valence-corrected chi connectivity index (χ4v) is 3.65. The number of thioether (sulfide) groups is 2. The largest absolute Gasteiger partial charge is 0.489 e. The van der Waals surface area contributed by atoms with Crippen molar-refractivity contribution in [3.05, 3.63) is 59.7 Å². The first-order valence-corrected chi connectivity index (χ1v) is 10.7. The number of benzene rings is 2. The molecule has 2 aromatic rings. The molecule has 0 aliphatic carbocycles. The van der Waals surface area contributed by atoms with Crippen molar-refractivity contribution in [1.82, 2.24) is 5.43 Å². The summed E-state index contributed by atoms with van der Waals surface area (Å²) in [6.07, 6.45) is 2.42. The predicted octanol–water partition coefficient (Wildman–Crippen LogP) is 4.12. The second-order valence-electron chi connectivity index (χ2n) is 6.05. The lowest BCUT2D eigenvalue weighted by molar-refractivity contribution is -0.120. The monoisotopic (exact) mass is 386 g/mol. The molecule has 6 heteroatoms. The lowest BCUT2D eigenvalue weighted by Gasteiger charge is -2.25. The Morgan fingerprint density at radius 3 is 2.62 bits per heavy atom. The lowest BCUT2D eigenvalue weighted by Crippen LogP contribution is -2.30. The molecule has 1 aliphatic heterocycles. The summed E-state index contributed by atoms with van der Waals surface area (Å²) in [4.78, 5) is 13.0. The standard InChI is InChI=1S/C20H22N2O2S2/c1-15-2-8-19(9-3-15)26-11-10-20(23)22-21-12-16-4-6-17(7-5-16)24-18-13-25-14-18/h2-9,12,18H,10-11,13-14H2,1H3,(H,22,23)/b21-12-. The normalized spacial score (nSPS) is 14.2. The summed E-state index contributed by atoms with van der Waals surface area (Å²) in [7, 11) is 0. The second kappa shape index (κ2) is 9.69. The fourth-order valence-electron chi connectivity index (χ4n) is 2.24. The number of hydrazone groups is 1. The van der Waals surface area contributed by atoms with E-state index in [9.17, 15) is 4.79 Å². The van der Waals surface area contributed by atoms with Crippen molar-refractivity contribution in [2.75, 3.05) is 17.3 Å². The summed E-state index contributed by atoms with van der Waals surface area (Å²) in [6.45, 7) is 2.06. The molecule has 0 unspecified atom stereocenters. The van der Waals surface area contributed by atoms with Crippen LogP contribution in [0.3, 0.4) is 0 Å². The minimum Gasteiger partial charge on any atom is -0.489 e. The van der Waals surface area contributed by atoms with Crippen LogP contribution in [0.4, 0.5) is 0 Å². The van der Waals surface area contributed by atoms with Crippen LogP contribution in [0, 0.1) is 6.92 Å². The molecular weight excluding hydrogens is 364 g/mol. The van der Waals surface area contributed by atoms with Crippen LogP contribution < -0.4 is 10.2 Å². The minimum absolute atomic E-state index is 0.0803. The molecule has 26 heavy (non-hydrogen) atoms. The third kappa shape index (κ3) is 6.11. The first-order chi connectivity index (χ1) is 12.7. The molecule has 2 aromatic carbocycles. The molecule has 0 bridgehead atoms. The summed E-state index contributed by atoms with van der Waals surface area (Å²) in [5, 5.41) is 4.02. The van der Waals surface area contributed by atoms with Gasteiger partial charge in [0.15, 0.2) is 0 Å². The van der Waals surface area contributed by atoms with Gasteiger partial charge in [-0.1, -0.05) is 17.7 Å². The molecule has 1 amide bonds. The highest BCUT2D eigenvalue weighted by Gasteiger charge is 2.19. The number of carbonyl (C=O) groups is 1. The first-order valence-electron chi connectivity index (χ1n) is 8.55. The van der Waals surface area contributed by atoms with E-state index >= 15 is 0 Å². The molecule has 1 N–H and O–H groups in total. The van der Waals surface area contributed by atoms with E-state index in [1.165, 1.54) is 10.5 Å². The van der Waals surface area contributed by atoms with E-state index in [0.717, 1.165) is 28.6 Å². The third-order valence-corrected chi connectivity index (χ3v) is 6.04. The number of amides is 1. The zero-order chi connectivity index (χ0) is 18.2. The van der Waals surface area contributed by atoms with Gasteiger partial charge in [-0.05, 0) is 48.9 Å². The van der Waals surface area contributed by atoms with Gasteiger partial charge in [-0.3, -0.25) is 4.79 Å². The van der Waals surface area contributed by atoms with Crippen molar-refractivity contribution in [2.45, 2.75) is 24.3 Å². The first kappa shape index (κ1) is 18.9. The van der Waals surface area contributed by atoms with E-state index in [-0.39, 0.29) is 5.91 Å². The van der Waals surface area contributed by atoms with E-state index < -0.39 is 0 Å². The summed E-state index contributed by atoms with van der Waals surface area (Å²) in [5.41, 5.74) is 4.74. The van der Waals surface area contributed by atoms with Gasteiger partial charge in [0.1, 0.15) is 11.9 Å². The summed E-state index contributed by atoms with van der Waals surface area (Å²) >= 11 is 3.57. The average Bonchev–Trinajstić information content (AvgIpc) is 2.61. The highest BCUT2D eigenvalue weighted by Crippen LogP contribution is 2.23. The van der Waals surface area contributed by atoms with E-state index in [2.05, 4.69) is 41.7 Å². The second-order valence-corrected chi connectivity index (χ2v) is 8.29. The molecular formula is C20H22N2O2S2. The van der Waals surface area contributed by atoms with E-state index in [4.69, 9.17) is 4.74 Å². The SMILES string of the molecule is Cc1ccc(SCCC(=O)N/N=C\c2ccc(OC3CSC3)cc2)cc1.